The van der Waals surface area contributed by atoms with E-state index in [-0.39, 0.29) is 29.3 Å². The number of amides is 2. The van der Waals surface area contributed by atoms with Crippen molar-refractivity contribution in [2.75, 3.05) is 31.5 Å². The van der Waals surface area contributed by atoms with E-state index in [1.807, 2.05) is 4.90 Å². The molecule has 0 radical (unpaired) electrons. The molecule has 0 spiro atoms. The number of carboxylic acids is 1. The molecular formula is C16H19ClFN3O4. The smallest absolute Gasteiger partial charge is 0.322 e. The minimum absolute atomic E-state index is 0.0556. The maximum absolute atomic E-state index is 13.1. The highest BCUT2D eigenvalue weighted by Gasteiger charge is 2.26. The van der Waals surface area contributed by atoms with Gasteiger partial charge in [0, 0.05) is 11.6 Å². The van der Waals surface area contributed by atoms with Crippen molar-refractivity contribution in [3.63, 3.8) is 0 Å². The fourth-order valence-corrected chi connectivity index (χ4v) is 2.79. The zero-order valence-corrected chi connectivity index (χ0v) is 14.2. The van der Waals surface area contributed by atoms with Crippen molar-refractivity contribution in [1.29, 1.82) is 0 Å². The highest BCUT2D eigenvalue weighted by molar-refractivity contribution is 6.31. The Kier molecular flexibility index (Phi) is 6.72. The summed E-state index contributed by atoms with van der Waals surface area (Å²) in [6.45, 7) is 0.818. The predicted molar refractivity (Wildman–Crippen MR) is 89.8 cm³/mol. The van der Waals surface area contributed by atoms with Gasteiger partial charge in [0.25, 0.3) is 0 Å². The summed E-state index contributed by atoms with van der Waals surface area (Å²) in [6.07, 6.45) is 1.15. The van der Waals surface area contributed by atoms with Gasteiger partial charge in [0.05, 0.1) is 11.6 Å². The van der Waals surface area contributed by atoms with Crippen LogP contribution in [0, 0.1) is 11.7 Å². The molecule has 0 saturated carbocycles. The number of benzene rings is 1. The number of aliphatic carboxylic acids is 1. The summed E-state index contributed by atoms with van der Waals surface area (Å²) in [5.41, 5.74) is 0.437. The molecule has 0 aromatic heterocycles. The van der Waals surface area contributed by atoms with E-state index < -0.39 is 18.3 Å². The van der Waals surface area contributed by atoms with Crippen LogP contribution in [-0.4, -0.2) is 54.0 Å². The molecule has 1 heterocycles. The number of nitrogens with one attached hydrogen (secondary N) is 2. The predicted octanol–water partition coefficient (Wildman–Crippen LogP) is 1.33. The van der Waals surface area contributed by atoms with E-state index in [1.54, 1.807) is 0 Å². The third kappa shape index (κ3) is 5.99. The highest BCUT2D eigenvalue weighted by Crippen LogP contribution is 2.22. The average Bonchev–Trinajstić information content (AvgIpc) is 2.57. The van der Waals surface area contributed by atoms with Crippen LogP contribution >= 0.6 is 11.6 Å². The number of rotatable bonds is 6. The second-order valence-electron chi connectivity index (χ2n) is 5.84. The van der Waals surface area contributed by atoms with Crippen molar-refractivity contribution >= 4 is 35.1 Å². The van der Waals surface area contributed by atoms with Crippen LogP contribution in [-0.2, 0) is 14.4 Å². The monoisotopic (exact) mass is 371 g/mol. The van der Waals surface area contributed by atoms with Gasteiger partial charge in [-0.3, -0.25) is 19.3 Å². The van der Waals surface area contributed by atoms with Crippen molar-refractivity contribution in [3.8, 4) is 0 Å². The molecule has 25 heavy (non-hydrogen) atoms. The second kappa shape index (κ2) is 8.77. The molecule has 7 nitrogen and oxygen atoms in total. The number of carboxylic acid groups (broad SMARTS) is 1. The van der Waals surface area contributed by atoms with E-state index >= 15 is 0 Å². The first-order valence-electron chi connectivity index (χ1n) is 7.82. The van der Waals surface area contributed by atoms with Crippen molar-refractivity contribution < 1.29 is 23.9 Å². The van der Waals surface area contributed by atoms with E-state index in [4.69, 9.17) is 16.7 Å². The van der Waals surface area contributed by atoms with Crippen molar-refractivity contribution in [1.82, 2.24) is 10.2 Å². The number of carbonyl (C=O) groups excluding carboxylic acids is 2. The summed E-state index contributed by atoms with van der Waals surface area (Å²) in [5, 5.41) is 13.5. The molecule has 1 fully saturated rings. The van der Waals surface area contributed by atoms with Crippen LogP contribution in [0.3, 0.4) is 0 Å². The zero-order chi connectivity index (χ0) is 18.4. The normalized spacial score (nSPS) is 15.6. The molecule has 2 rings (SSSR count). The Morgan fingerprint density at radius 3 is 2.56 bits per heavy atom. The molecule has 0 bridgehead atoms. The van der Waals surface area contributed by atoms with Gasteiger partial charge in [0.1, 0.15) is 12.4 Å². The van der Waals surface area contributed by atoms with Gasteiger partial charge in [-0.2, -0.15) is 0 Å². The molecule has 0 atom stereocenters. The van der Waals surface area contributed by atoms with Crippen LogP contribution in [0.5, 0.6) is 0 Å². The number of carbonyl (C=O) groups is 3. The van der Waals surface area contributed by atoms with Gasteiger partial charge in [-0.25, -0.2) is 4.39 Å². The van der Waals surface area contributed by atoms with Crippen molar-refractivity contribution in [2.45, 2.75) is 12.8 Å². The van der Waals surface area contributed by atoms with Crippen molar-refractivity contribution in [3.05, 3.63) is 29.0 Å². The molecule has 1 aromatic carbocycles. The zero-order valence-electron chi connectivity index (χ0n) is 13.4. The second-order valence-corrected chi connectivity index (χ2v) is 6.25. The summed E-state index contributed by atoms with van der Waals surface area (Å²) in [4.78, 5) is 36.1. The first-order valence-corrected chi connectivity index (χ1v) is 8.19. The maximum Gasteiger partial charge on any atom is 0.322 e. The molecule has 3 N–H and O–H groups in total. The fraction of sp³-hybridized carbons (Fsp3) is 0.438. The fourth-order valence-electron chi connectivity index (χ4n) is 2.60. The average molecular weight is 372 g/mol. The third-order valence-electron chi connectivity index (χ3n) is 3.95. The maximum atomic E-state index is 13.1. The van der Waals surface area contributed by atoms with Gasteiger partial charge < -0.3 is 15.7 Å². The lowest BCUT2D eigenvalue weighted by Crippen LogP contribution is -2.44. The van der Waals surface area contributed by atoms with E-state index in [2.05, 4.69) is 10.6 Å². The summed E-state index contributed by atoms with van der Waals surface area (Å²) >= 11 is 5.69. The third-order valence-corrected chi connectivity index (χ3v) is 4.24. The lowest BCUT2D eigenvalue weighted by Gasteiger charge is -2.30. The van der Waals surface area contributed by atoms with Crippen LogP contribution in [0.4, 0.5) is 10.1 Å². The SMILES string of the molecule is O=C(O)CNC(=O)CN1CCC(C(=O)Nc2ccc(F)c(Cl)c2)CC1. The molecular weight excluding hydrogens is 353 g/mol. The first-order chi connectivity index (χ1) is 11.8. The van der Waals surface area contributed by atoms with Gasteiger partial charge in [-0.05, 0) is 44.1 Å². The summed E-state index contributed by atoms with van der Waals surface area (Å²) in [5.74, 6) is -2.37. The quantitative estimate of drug-likeness (QED) is 0.700. The summed E-state index contributed by atoms with van der Waals surface area (Å²) in [6, 6.07) is 3.99. The summed E-state index contributed by atoms with van der Waals surface area (Å²) < 4.78 is 13.1. The van der Waals surface area contributed by atoms with E-state index in [9.17, 15) is 18.8 Å². The highest BCUT2D eigenvalue weighted by atomic mass is 35.5. The Morgan fingerprint density at radius 1 is 1.28 bits per heavy atom. The van der Waals surface area contributed by atoms with Gasteiger partial charge in [-0.1, -0.05) is 11.6 Å². The van der Waals surface area contributed by atoms with Gasteiger partial charge in [0.15, 0.2) is 0 Å². The Labute approximate surface area is 149 Å². The topological polar surface area (TPSA) is 98.7 Å². The molecule has 136 valence electrons. The number of likely N-dealkylation sites (tertiary alicyclic amines) is 1. The number of piperidine rings is 1. The number of nitrogens with zero attached hydrogens (tertiary/aromatic N) is 1. The number of anilines is 1. The molecule has 1 aliphatic heterocycles. The largest absolute Gasteiger partial charge is 0.480 e. The standard InChI is InChI=1S/C16H19ClFN3O4/c17-12-7-11(1-2-13(12)18)20-16(25)10-3-5-21(6-4-10)9-14(22)19-8-15(23)24/h1-2,7,10H,3-6,8-9H2,(H,19,22)(H,20,25)(H,23,24). The first kappa shape index (κ1) is 19.1. The number of hydrogen-bond donors (Lipinski definition) is 3. The number of halogens is 2. The van der Waals surface area contributed by atoms with E-state index in [0.29, 0.717) is 31.6 Å². The molecule has 9 heteroatoms. The lowest BCUT2D eigenvalue weighted by atomic mass is 9.96. The molecule has 0 unspecified atom stereocenters. The van der Waals surface area contributed by atoms with Crippen LogP contribution in [0.15, 0.2) is 18.2 Å². The molecule has 1 aliphatic rings. The Hall–Kier alpha value is -2.19. The van der Waals surface area contributed by atoms with Crippen LogP contribution < -0.4 is 10.6 Å². The van der Waals surface area contributed by atoms with Gasteiger partial charge in [0.2, 0.25) is 11.8 Å². The lowest BCUT2D eigenvalue weighted by molar-refractivity contribution is -0.138. The minimum Gasteiger partial charge on any atom is -0.480 e. The van der Waals surface area contributed by atoms with E-state index in [1.165, 1.54) is 18.2 Å². The number of hydrogen-bond acceptors (Lipinski definition) is 4. The van der Waals surface area contributed by atoms with Gasteiger partial charge in [-0.15, -0.1) is 0 Å². The molecule has 1 aromatic rings. The van der Waals surface area contributed by atoms with Crippen LogP contribution in [0.2, 0.25) is 5.02 Å². The van der Waals surface area contributed by atoms with Gasteiger partial charge >= 0.3 is 5.97 Å². The Balaban J connectivity index is 1.77. The molecule has 0 aliphatic carbocycles. The Morgan fingerprint density at radius 2 is 1.96 bits per heavy atom. The minimum atomic E-state index is -1.09. The van der Waals surface area contributed by atoms with E-state index in [0.717, 1.165) is 0 Å². The molecule has 2 amide bonds. The van der Waals surface area contributed by atoms with Crippen LogP contribution in [0.1, 0.15) is 12.8 Å². The van der Waals surface area contributed by atoms with Crippen molar-refractivity contribution in [2.24, 2.45) is 5.92 Å². The Bertz CT molecular complexity index is 663. The molecule has 1 saturated heterocycles. The van der Waals surface area contributed by atoms with Crippen LogP contribution in [0.25, 0.3) is 0 Å². The summed E-state index contributed by atoms with van der Waals surface area (Å²) in [7, 11) is 0.